The minimum atomic E-state index is -0.100. The molecule has 2 atom stereocenters. The van der Waals surface area contributed by atoms with Crippen molar-refractivity contribution >= 4 is 5.97 Å². The molecule has 0 aromatic heterocycles. The van der Waals surface area contributed by atoms with E-state index in [0.717, 1.165) is 19.3 Å². The average molecular weight is 172 g/mol. The molecule has 1 saturated carbocycles. The minimum absolute atomic E-state index is 0.100. The Morgan fingerprint density at radius 1 is 1.42 bits per heavy atom. The van der Waals surface area contributed by atoms with Gasteiger partial charge in [-0.1, -0.05) is 0 Å². The summed E-state index contributed by atoms with van der Waals surface area (Å²) in [5, 5.41) is 0. The summed E-state index contributed by atoms with van der Waals surface area (Å²) in [6, 6.07) is 0. The number of ether oxygens (including phenoxy) is 2. The van der Waals surface area contributed by atoms with Crippen LogP contribution in [-0.4, -0.2) is 26.3 Å². The number of hydrogen-bond donors (Lipinski definition) is 0. The van der Waals surface area contributed by atoms with E-state index in [2.05, 4.69) is 4.74 Å². The SMILES string of the molecule is COC(=O)C[C@@H]1CC[C@@H](OC)C1. The Labute approximate surface area is 73.0 Å². The maximum atomic E-state index is 10.9. The van der Waals surface area contributed by atoms with Crippen LogP contribution >= 0.6 is 0 Å². The van der Waals surface area contributed by atoms with Crippen molar-refractivity contribution in [2.24, 2.45) is 5.92 Å². The summed E-state index contributed by atoms with van der Waals surface area (Å²) in [5.74, 6) is 0.374. The van der Waals surface area contributed by atoms with E-state index in [4.69, 9.17) is 4.74 Å². The second kappa shape index (κ2) is 4.45. The lowest BCUT2D eigenvalue weighted by atomic mass is 10.0. The fourth-order valence-corrected chi connectivity index (χ4v) is 1.75. The first-order valence-corrected chi connectivity index (χ1v) is 4.36. The smallest absolute Gasteiger partial charge is 0.305 e. The third-order valence-electron chi connectivity index (χ3n) is 2.51. The molecule has 70 valence electrons. The van der Waals surface area contributed by atoms with Crippen LogP contribution in [0.2, 0.25) is 0 Å². The molecule has 3 nitrogen and oxygen atoms in total. The maximum Gasteiger partial charge on any atom is 0.305 e. The molecule has 0 amide bonds. The van der Waals surface area contributed by atoms with Gasteiger partial charge < -0.3 is 9.47 Å². The van der Waals surface area contributed by atoms with E-state index in [1.807, 2.05) is 0 Å². The van der Waals surface area contributed by atoms with Crippen LogP contribution in [0, 0.1) is 5.92 Å². The van der Waals surface area contributed by atoms with E-state index in [9.17, 15) is 4.79 Å². The Kier molecular flexibility index (Phi) is 3.53. The fraction of sp³-hybridized carbons (Fsp3) is 0.889. The summed E-state index contributed by atoms with van der Waals surface area (Å²) in [6.07, 6.45) is 4.09. The third-order valence-corrected chi connectivity index (χ3v) is 2.51. The third kappa shape index (κ3) is 2.48. The Balaban J connectivity index is 2.23. The number of esters is 1. The predicted octanol–water partition coefficient (Wildman–Crippen LogP) is 1.36. The van der Waals surface area contributed by atoms with E-state index in [-0.39, 0.29) is 5.97 Å². The van der Waals surface area contributed by atoms with Gasteiger partial charge in [-0.25, -0.2) is 0 Å². The van der Waals surface area contributed by atoms with Crippen molar-refractivity contribution in [3.05, 3.63) is 0 Å². The van der Waals surface area contributed by atoms with E-state index in [1.54, 1.807) is 7.11 Å². The van der Waals surface area contributed by atoms with Crippen LogP contribution in [0.15, 0.2) is 0 Å². The summed E-state index contributed by atoms with van der Waals surface area (Å²) in [7, 11) is 3.16. The highest BCUT2D eigenvalue weighted by atomic mass is 16.5. The number of rotatable bonds is 3. The second-order valence-corrected chi connectivity index (χ2v) is 3.32. The van der Waals surface area contributed by atoms with Crippen molar-refractivity contribution in [2.75, 3.05) is 14.2 Å². The van der Waals surface area contributed by atoms with Crippen LogP contribution in [0.3, 0.4) is 0 Å². The summed E-state index contributed by atoms with van der Waals surface area (Å²) in [6.45, 7) is 0. The van der Waals surface area contributed by atoms with Crippen LogP contribution in [0.4, 0.5) is 0 Å². The molecule has 0 spiro atoms. The van der Waals surface area contributed by atoms with Gasteiger partial charge in [-0.2, -0.15) is 0 Å². The van der Waals surface area contributed by atoms with Gasteiger partial charge in [0, 0.05) is 13.5 Å². The molecule has 1 fully saturated rings. The average Bonchev–Trinajstić information content (AvgIpc) is 2.52. The van der Waals surface area contributed by atoms with Crippen LogP contribution in [0.1, 0.15) is 25.7 Å². The molecule has 0 bridgehead atoms. The van der Waals surface area contributed by atoms with Gasteiger partial charge in [-0.15, -0.1) is 0 Å². The van der Waals surface area contributed by atoms with E-state index < -0.39 is 0 Å². The van der Waals surface area contributed by atoms with Crippen molar-refractivity contribution in [2.45, 2.75) is 31.8 Å². The predicted molar refractivity (Wildman–Crippen MR) is 44.8 cm³/mol. The molecule has 0 heterocycles. The van der Waals surface area contributed by atoms with Crippen molar-refractivity contribution < 1.29 is 14.3 Å². The zero-order valence-corrected chi connectivity index (χ0v) is 7.71. The summed E-state index contributed by atoms with van der Waals surface area (Å²) in [5.41, 5.74) is 0. The molecule has 1 rings (SSSR count). The van der Waals surface area contributed by atoms with Gasteiger partial charge in [0.1, 0.15) is 0 Å². The molecule has 0 aromatic rings. The molecular weight excluding hydrogens is 156 g/mol. The van der Waals surface area contributed by atoms with Crippen LogP contribution in [0.5, 0.6) is 0 Å². The van der Waals surface area contributed by atoms with Gasteiger partial charge in [0.15, 0.2) is 0 Å². The van der Waals surface area contributed by atoms with Gasteiger partial charge in [0.05, 0.1) is 13.2 Å². The Morgan fingerprint density at radius 2 is 2.17 bits per heavy atom. The topological polar surface area (TPSA) is 35.5 Å². The molecule has 0 unspecified atom stereocenters. The second-order valence-electron chi connectivity index (χ2n) is 3.32. The molecule has 0 N–H and O–H groups in total. The molecule has 1 aliphatic carbocycles. The van der Waals surface area contributed by atoms with Gasteiger partial charge in [-0.05, 0) is 25.2 Å². The molecule has 1 aliphatic rings. The van der Waals surface area contributed by atoms with Crippen LogP contribution in [0.25, 0.3) is 0 Å². The zero-order chi connectivity index (χ0) is 8.97. The molecule has 0 aliphatic heterocycles. The fourth-order valence-electron chi connectivity index (χ4n) is 1.75. The first kappa shape index (κ1) is 9.52. The van der Waals surface area contributed by atoms with Gasteiger partial charge in [0.2, 0.25) is 0 Å². The highest BCUT2D eigenvalue weighted by molar-refractivity contribution is 5.69. The van der Waals surface area contributed by atoms with Gasteiger partial charge in [0.25, 0.3) is 0 Å². The van der Waals surface area contributed by atoms with E-state index >= 15 is 0 Å². The lowest BCUT2D eigenvalue weighted by Crippen LogP contribution is -2.09. The zero-order valence-electron chi connectivity index (χ0n) is 7.71. The van der Waals surface area contributed by atoms with Crippen LogP contribution < -0.4 is 0 Å². The van der Waals surface area contributed by atoms with E-state index in [0.29, 0.717) is 18.4 Å². The molecular formula is C9H16O3. The summed E-state index contributed by atoms with van der Waals surface area (Å²) in [4.78, 5) is 10.9. The number of carbonyl (C=O) groups excluding carboxylic acids is 1. The first-order chi connectivity index (χ1) is 5.76. The van der Waals surface area contributed by atoms with Crippen molar-refractivity contribution in [3.63, 3.8) is 0 Å². The Hall–Kier alpha value is -0.570. The highest BCUT2D eigenvalue weighted by Crippen LogP contribution is 2.29. The lowest BCUT2D eigenvalue weighted by molar-refractivity contribution is -0.141. The molecule has 0 saturated heterocycles. The molecule has 12 heavy (non-hydrogen) atoms. The van der Waals surface area contributed by atoms with Crippen molar-refractivity contribution in [3.8, 4) is 0 Å². The number of methoxy groups -OCH3 is 2. The summed E-state index contributed by atoms with van der Waals surface area (Å²) >= 11 is 0. The largest absolute Gasteiger partial charge is 0.469 e. The first-order valence-electron chi connectivity index (χ1n) is 4.36. The van der Waals surface area contributed by atoms with Crippen molar-refractivity contribution in [1.29, 1.82) is 0 Å². The summed E-state index contributed by atoms with van der Waals surface area (Å²) < 4.78 is 9.81. The Bertz CT molecular complexity index is 156. The lowest BCUT2D eigenvalue weighted by Gasteiger charge is -2.08. The number of hydrogen-bond acceptors (Lipinski definition) is 3. The maximum absolute atomic E-state index is 10.9. The molecule has 0 radical (unpaired) electrons. The van der Waals surface area contributed by atoms with Gasteiger partial charge >= 0.3 is 5.97 Å². The quantitative estimate of drug-likeness (QED) is 0.603. The van der Waals surface area contributed by atoms with Crippen LogP contribution in [-0.2, 0) is 14.3 Å². The van der Waals surface area contributed by atoms with Gasteiger partial charge in [-0.3, -0.25) is 4.79 Å². The molecule has 3 heteroatoms. The van der Waals surface area contributed by atoms with E-state index in [1.165, 1.54) is 7.11 Å². The number of carbonyl (C=O) groups is 1. The standard InChI is InChI=1S/C9H16O3/c1-11-8-4-3-7(5-8)6-9(10)12-2/h7-8H,3-6H2,1-2H3/t7-,8-/m1/s1. The van der Waals surface area contributed by atoms with Crippen molar-refractivity contribution in [1.82, 2.24) is 0 Å². The normalized spacial score (nSPS) is 28.8. The highest BCUT2D eigenvalue weighted by Gasteiger charge is 2.26. The monoisotopic (exact) mass is 172 g/mol. The Morgan fingerprint density at radius 3 is 2.67 bits per heavy atom. The minimum Gasteiger partial charge on any atom is -0.469 e. The molecule has 0 aromatic carbocycles.